The Morgan fingerprint density at radius 1 is 1.04 bits per heavy atom. The van der Waals surface area contributed by atoms with Crippen LogP contribution >= 0.6 is 11.8 Å². The molecule has 3 aliphatic heterocycles. The van der Waals surface area contributed by atoms with Crippen LogP contribution in [0.2, 0.25) is 0 Å². The quantitative estimate of drug-likeness (QED) is 0.271. The molecule has 8 nitrogen and oxygen atoms in total. The van der Waals surface area contributed by atoms with Gasteiger partial charge in [-0.1, -0.05) is 19.9 Å². The molecule has 2 saturated heterocycles. The van der Waals surface area contributed by atoms with E-state index in [0.29, 0.717) is 42.8 Å². The highest BCUT2D eigenvalue weighted by Gasteiger charge is 2.37. The first kappa shape index (κ1) is 35.5. The number of halogens is 5. The van der Waals surface area contributed by atoms with Crippen LogP contribution in [0.3, 0.4) is 0 Å². The average Bonchev–Trinajstić information content (AvgIpc) is 3.30. The summed E-state index contributed by atoms with van der Waals surface area (Å²) in [4.78, 5) is 3.77. The SMILES string of the molecule is CC1(C)CCN(C[C@H](O)Cn2nc(-c3ccc(C(F)(F)F)c(SCCN4CCCC(F)(F)C4)c3)c3c2CCN(S(C)(=O)=O)C3)CC1. The Balaban J connectivity index is 1.41. The standard InChI is InChI=1S/C31H44F5N5O3S2/c1-29(2)9-13-38(14-10-29)18-23(42)19-41-26-7-12-40(46(3,43)44)20-24(26)28(37-41)22-5-6-25(31(34,35)36)27(17-22)45-16-15-39-11-4-8-30(32,33)21-39/h5-6,17,23,42H,4,7-16,18-21H2,1-3H3/t23-/m0/s1. The van der Waals surface area contributed by atoms with E-state index in [1.54, 1.807) is 9.58 Å². The molecular formula is C31H44F5N5O3S2. The molecule has 0 aliphatic carbocycles. The highest BCUT2D eigenvalue weighted by molar-refractivity contribution is 7.99. The van der Waals surface area contributed by atoms with Crippen molar-refractivity contribution in [2.75, 3.05) is 57.8 Å². The third-order valence-electron chi connectivity index (χ3n) is 9.33. The summed E-state index contributed by atoms with van der Waals surface area (Å²) < 4.78 is 97.8. The van der Waals surface area contributed by atoms with Crippen LogP contribution in [0.5, 0.6) is 0 Å². The lowest BCUT2D eigenvalue weighted by atomic mass is 9.82. The third kappa shape index (κ3) is 8.81. The molecule has 2 fully saturated rings. The number of benzene rings is 1. The molecule has 1 N–H and O–H groups in total. The molecule has 2 aromatic rings. The van der Waals surface area contributed by atoms with Crippen LogP contribution in [-0.2, 0) is 35.7 Å². The van der Waals surface area contributed by atoms with Crippen LogP contribution in [0.25, 0.3) is 11.3 Å². The van der Waals surface area contributed by atoms with Crippen LogP contribution in [0.4, 0.5) is 22.0 Å². The lowest BCUT2D eigenvalue weighted by molar-refractivity contribution is -0.139. The molecular weight excluding hydrogens is 649 g/mol. The zero-order valence-corrected chi connectivity index (χ0v) is 28.3. The van der Waals surface area contributed by atoms with E-state index >= 15 is 0 Å². The summed E-state index contributed by atoms with van der Waals surface area (Å²) in [5, 5.41) is 15.8. The van der Waals surface area contributed by atoms with Crippen molar-refractivity contribution in [1.82, 2.24) is 23.9 Å². The number of aliphatic hydroxyl groups is 1. The van der Waals surface area contributed by atoms with Crippen molar-refractivity contribution in [3.05, 3.63) is 35.0 Å². The molecule has 1 atom stereocenters. The van der Waals surface area contributed by atoms with E-state index in [2.05, 4.69) is 18.7 Å². The molecule has 0 amide bonds. The van der Waals surface area contributed by atoms with E-state index in [0.717, 1.165) is 55.7 Å². The zero-order chi connectivity index (χ0) is 33.5. The summed E-state index contributed by atoms with van der Waals surface area (Å²) in [6.07, 6.45) is -1.69. The molecule has 3 aliphatic rings. The van der Waals surface area contributed by atoms with Crippen molar-refractivity contribution in [1.29, 1.82) is 0 Å². The number of aliphatic hydroxyl groups excluding tert-OH is 1. The molecule has 0 spiro atoms. The number of alkyl halides is 5. The van der Waals surface area contributed by atoms with Crippen molar-refractivity contribution in [3.63, 3.8) is 0 Å². The van der Waals surface area contributed by atoms with E-state index in [1.165, 1.54) is 16.4 Å². The van der Waals surface area contributed by atoms with Crippen LogP contribution in [0.1, 0.15) is 56.4 Å². The Hall–Kier alpha value is -1.78. The predicted octanol–water partition coefficient (Wildman–Crippen LogP) is 5.19. The van der Waals surface area contributed by atoms with Gasteiger partial charge in [0.2, 0.25) is 10.0 Å². The normalized spacial score (nSPS) is 22.1. The summed E-state index contributed by atoms with van der Waals surface area (Å²) in [6, 6.07) is 3.76. The van der Waals surface area contributed by atoms with Crippen molar-refractivity contribution in [2.24, 2.45) is 5.41 Å². The number of hydrogen-bond acceptors (Lipinski definition) is 7. The van der Waals surface area contributed by atoms with E-state index in [1.807, 2.05) is 0 Å². The van der Waals surface area contributed by atoms with Gasteiger partial charge >= 0.3 is 6.18 Å². The fraction of sp³-hybridized carbons (Fsp3) is 0.710. The summed E-state index contributed by atoms with van der Waals surface area (Å²) in [6.45, 7) is 7.41. The number of likely N-dealkylation sites (tertiary alicyclic amines) is 2. The molecule has 1 aromatic carbocycles. The number of sulfonamides is 1. The van der Waals surface area contributed by atoms with Crippen molar-refractivity contribution in [3.8, 4) is 11.3 Å². The van der Waals surface area contributed by atoms with E-state index in [9.17, 15) is 35.5 Å². The number of β-amino-alcohol motifs (C(OH)–C–C–N with tert-alkyl or cyclic N) is 1. The second kappa shape index (κ2) is 13.6. The maximum absolute atomic E-state index is 14.1. The van der Waals surface area contributed by atoms with Gasteiger partial charge in [0.05, 0.1) is 36.7 Å². The van der Waals surface area contributed by atoms with Crippen LogP contribution < -0.4 is 0 Å². The summed E-state index contributed by atoms with van der Waals surface area (Å²) >= 11 is 0.962. The van der Waals surface area contributed by atoms with Crippen LogP contribution in [0.15, 0.2) is 23.1 Å². The molecule has 5 rings (SSSR count). The number of nitrogens with zero attached hydrogens (tertiary/aromatic N) is 5. The highest BCUT2D eigenvalue weighted by Crippen LogP contribution is 2.41. The Bertz CT molecular complexity index is 1490. The van der Waals surface area contributed by atoms with Gasteiger partial charge in [-0.2, -0.15) is 22.6 Å². The number of thioether (sulfide) groups is 1. The second-order valence-corrected chi connectivity index (χ2v) is 16.8. The minimum atomic E-state index is -4.63. The summed E-state index contributed by atoms with van der Waals surface area (Å²) in [7, 11) is -3.55. The maximum Gasteiger partial charge on any atom is 0.417 e. The average molecular weight is 694 g/mol. The molecule has 0 radical (unpaired) electrons. The zero-order valence-electron chi connectivity index (χ0n) is 26.6. The Kier molecular flexibility index (Phi) is 10.5. The smallest absolute Gasteiger partial charge is 0.390 e. The van der Waals surface area contributed by atoms with Crippen molar-refractivity contribution < 1.29 is 35.5 Å². The maximum atomic E-state index is 14.1. The first-order chi connectivity index (χ1) is 21.4. The molecule has 4 heterocycles. The summed E-state index contributed by atoms with van der Waals surface area (Å²) in [5.41, 5.74) is 1.59. The second-order valence-electron chi connectivity index (χ2n) is 13.7. The molecule has 0 bridgehead atoms. The van der Waals surface area contributed by atoms with Gasteiger partial charge in [0.15, 0.2) is 0 Å². The first-order valence-corrected chi connectivity index (χ1v) is 18.6. The van der Waals surface area contributed by atoms with E-state index < -0.39 is 40.3 Å². The number of fused-ring (bicyclic) bond motifs is 1. The summed E-state index contributed by atoms with van der Waals surface area (Å²) in [5.74, 6) is -2.60. The van der Waals surface area contributed by atoms with E-state index in [4.69, 9.17) is 5.10 Å². The number of rotatable bonds is 10. The largest absolute Gasteiger partial charge is 0.417 e. The van der Waals surface area contributed by atoms with Gasteiger partial charge in [-0.25, -0.2) is 17.2 Å². The molecule has 1 aromatic heterocycles. The molecule has 0 unspecified atom stereocenters. The Morgan fingerprint density at radius 2 is 1.76 bits per heavy atom. The van der Waals surface area contributed by atoms with Gasteiger partial charge < -0.3 is 10.0 Å². The monoisotopic (exact) mass is 693 g/mol. The van der Waals surface area contributed by atoms with E-state index in [-0.39, 0.29) is 48.7 Å². The Morgan fingerprint density at radius 3 is 2.41 bits per heavy atom. The lowest BCUT2D eigenvalue weighted by Gasteiger charge is -2.37. The first-order valence-electron chi connectivity index (χ1n) is 15.8. The minimum absolute atomic E-state index is 0.0213. The minimum Gasteiger partial charge on any atom is -0.390 e. The number of hydrogen-bond donors (Lipinski definition) is 1. The van der Waals surface area contributed by atoms with Crippen molar-refractivity contribution in [2.45, 2.75) is 82.1 Å². The van der Waals surface area contributed by atoms with Crippen LogP contribution in [0, 0.1) is 5.41 Å². The fourth-order valence-electron chi connectivity index (χ4n) is 6.57. The predicted molar refractivity (Wildman–Crippen MR) is 168 cm³/mol. The fourth-order valence-corrected chi connectivity index (χ4v) is 8.48. The highest BCUT2D eigenvalue weighted by atomic mass is 32.2. The lowest BCUT2D eigenvalue weighted by Crippen LogP contribution is -2.43. The molecule has 0 saturated carbocycles. The van der Waals surface area contributed by atoms with Gasteiger partial charge in [-0.3, -0.25) is 9.58 Å². The van der Waals surface area contributed by atoms with Gasteiger partial charge in [-0.05, 0) is 56.4 Å². The van der Waals surface area contributed by atoms with Crippen molar-refractivity contribution >= 4 is 21.8 Å². The number of aromatic nitrogens is 2. The van der Waals surface area contributed by atoms with Gasteiger partial charge in [0.25, 0.3) is 5.92 Å². The van der Waals surface area contributed by atoms with Crippen LogP contribution in [-0.4, -0.2) is 107 Å². The van der Waals surface area contributed by atoms with Gasteiger partial charge in [0, 0.05) is 66.5 Å². The van der Waals surface area contributed by atoms with Gasteiger partial charge in [-0.15, -0.1) is 11.8 Å². The van der Waals surface area contributed by atoms with Gasteiger partial charge in [0.1, 0.15) is 0 Å². The molecule has 15 heteroatoms. The molecule has 46 heavy (non-hydrogen) atoms. The topological polar surface area (TPSA) is 81.9 Å². The Labute approximate surface area is 272 Å². The third-order valence-corrected chi connectivity index (χ3v) is 11.6. The number of piperidine rings is 2. The molecule has 258 valence electrons.